The average Bonchev–Trinajstić information content (AvgIpc) is 2.97. The molecule has 2 aromatic heterocycles. The number of rotatable bonds is 7. The van der Waals surface area contributed by atoms with E-state index in [0.29, 0.717) is 17.0 Å². The zero-order valence-electron chi connectivity index (χ0n) is 15.5. The SMILES string of the molecule is COc1cccc(C(C)(CC(=O)O)NC(=O)Cn2nc3ccccn3c2=O)c1. The first-order valence-electron chi connectivity index (χ1n) is 8.54. The highest BCUT2D eigenvalue weighted by atomic mass is 16.5. The fourth-order valence-corrected chi connectivity index (χ4v) is 3.04. The van der Waals surface area contributed by atoms with E-state index in [4.69, 9.17) is 4.74 Å². The minimum absolute atomic E-state index is 0.334. The summed E-state index contributed by atoms with van der Waals surface area (Å²) < 4.78 is 7.55. The van der Waals surface area contributed by atoms with Crippen LogP contribution >= 0.6 is 0 Å². The second-order valence-corrected chi connectivity index (χ2v) is 6.55. The quantitative estimate of drug-likeness (QED) is 0.628. The number of carbonyl (C=O) groups is 2. The molecule has 0 bridgehead atoms. The van der Waals surface area contributed by atoms with Crippen molar-refractivity contribution in [2.75, 3.05) is 7.11 Å². The van der Waals surface area contributed by atoms with Gasteiger partial charge in [-0.05, 0) is 36.8 Å². The Balaban J connectivity index is 1.87. The molecule has 0 saturated carbocycles. The lowest BCUT2D eigenvalue weighted by atomic mass is 9.88. The highest BCUT2D eigenvalue weighted by Crippen LogP contribution is 2.27. The molecule has 0 aliphatic heterocycles. The summed E-state index contributed by atoms with van der Waals surface area (Å²) in [5.74, 6) is -1.06. The molecule has 3 aromatic rings. The van der Waals surface area contributed by atoms with Crippen LogP contribution in [-0.2, 0) is 21.7 Å². The van der Waals surface area contributed by atoms with Gasteiger partial charge in [0.1, 0.15) is 12.3 Å². The summed E-state index contributed by atoms with van der Waals surface area (Å²) in [5.41, 5.74) is -0.654. The number of pyridine rings is 1. The summed E-state index contributed by atoms with van der Waals surface area (Å²) in [4.78, 5) is 36.4. The van der Waals surface area contributed by atoms with Crippen molar-refractivity contribution in [2.24, 2.45) is 0 Å². The summed E-state index contributed by atoms with van der Waals surface area (Å²) in [6.07, 6.45) is 1.22. The maximum absolute atomic E-state index is 12.6. The lowest BCUT2D eigenvalue weighted by molar-refractivity contribution is -0.139. The Kier molecular flexibility index (Phi) is 5.16. The number of aromatic nitrogens is 3. The molecular formula is C19H20N4O5. The third kappa shape index (κ3) is 3.88. The molecule has 0 spiro atoms. The van der Waals surface area contributed by atoms with Crippen molar-refractivity contribution < 1.29 is 19.4 Å². The number of amides is 1. The molecule has 0 aliphatic rings. The van der Waals surface area contributed by atoms with Crippen molar-refractivity contribution in [3.63, 3.8) is 0 Å². The number of methoxy groups -OCH3 is 1. The second-order valence-electron chi connectivity index (χ2n) is 6.55. The zero-order chi connectivity index (χ0) is 20.3. The number of carbonyl (C=O) groups excluding carboxylic acids is 1. The van der Waals surface area contributed by atoms with Crippen molar-refractivity contribution in [3.05, 3.63) is 64.7 Å². The zero-order valence-corrected chi connectivity index (χ0v) is 15.5. The molecule has 1 amide bonds. The van der Waals surface area contributed by atoms with E-state index >= 15 is 0 Å². The van der Waals surface area contributed by atoms with Crippen molar-refractivity contribution in [2.45, 2.75) is 25.4 Å². The number of hydrogen-bond acceptors (Lipinski definition) is 5. The van der Waals surface area contributed by atoms with Crippen LogP contribution in [0.15, 0.2) is 53.5 Å². The number of nitrogens with zero attached hydrogens (tertiary/aromatic N) is 3. The Morgan fingerprint density at radius 3 is 2.71 bits per heavy atom. The molecule has 9 nitrogen and oxygen atoms in total. The van der Waals surface area contributed by atoms with Crippen LogP contribution in [0.1, 0.15) is 18.9 Å². The molecule has 0 saturated heterocycles. The van der Waals surface area contributed by atoms with E-state index in [2.05, 4.69) is 10.4 Å². The van der Waals surface area contributed by atoms with E-state index in [9.17, 15) is 19.5 Å². The van der Waals surface area contributed by atoms with Crippen LogP contribution in [-0.4, -0.2) is 38.3 Å². The van der Waals surface area contributed by atoms with Gasteiger partial charge >= 0.3 is 11.7 Å². The van der Waals surface area contributed by atoms with Gasteiger partial charge in [-0.15, -0.1) is 5.10 Å². The smallest absolute Gasteiger partial charge is 0.350 e. The number of carboxylic acids is 1. The van der Waals surface area contributed by atoms with Gasteiger partial charge in [0.25, 0.3) is 0 Å². The van der Waals surface area contributed by atoms with Gasteiger partial charge < -0.3 is 15.2 Å². The summed E-state index contributed by atoms with van der Waals surface area (Å²) in [6.45, 7) is 1.28. The Hall–Kier alpha value is -3.62. The van der Waals surface area contributed by atoms with Crippen LogP contribution in [0.25, 0.3) is 5.65 Å². The maximum atomic E-state index is 12.6. The molecule has 3 rings (SSSR count). The molecule has 0 aliphatic carbocycles. The molecule has 0 fully saturated rings. The van der Waals surface area contributed by atoms with Gasteiger partial charge in [-0.1, -0.05) is 18.2 Å². The van der Waals surface area contributed by atoms with Gasteiger partial charge in [0, 0.05) is 6.20 Å². The van der Waals surface area contributed by atoms with Crippen LogP contribution in [0.5, 0.6) is 5.75 Å². The van der Waals surface area contributed by atoms with Crippen molar-refractivity contribution in [1.29, 1.82) is 0 Å². The van der Waals surface area contributed by atoms with Gasteiger partial charge in [-0.2, -0.15) is 0 Å². The van der Waals surface area contributed by atoms with Crippen LogP contribution in [0.4, 0.5) is 0 Å². The number of benzene rings is 1. The van der Waals surface area contributed by atoms with Gasteiger partial charge in [0.15, 0.2) is 5.65 Å². The first-order chi connectivity index (χ1) is 13.3. The summed E-state index contributed by atoms with van der Waals surface area (Å²) in [5, 5.41) is 16.2. The fraction of sp³-hybridized carbons (Fsp3) is 0.263. The lowest BCUT2D eigenvalue weighted by Crippen LogP contribution is -2.47. The third-order valence-corrected chi connectivity index (χ3v) is 4.41. The molecule has 1 unspecified atom stereocenters. The topological polar surface area (TPSA) is 115 Å². The number of carboxylic acid groups (broad SMARTS) is 1. The van der Waals surface area contributed by atoms with Crippen molar-refractivity contribution in [1.82, 2.24) is 19.5 Å². The Labute approximate surface area is 160 Å². The Bertz CT molecular complexity index is 1090. The first-order valence-corrected chi connectivity index (χ1v) is 8.54. The maximum Gasteiger partial charge on any atom is 0.350 e. The summed E-state index contributed by atoms with van der Waals surface area (Å²) in [7, 11) is 1.50. The summed E-state index contributed by atoms with van der Waals surface area (Å²) >= 11 is 0. The minimum Gasteiger partial charge on any atom is -0.497 e. The van der Waals surface area contributed by atoms with Gasteiger partial charge in [0.05, 0.1) is 19.1 Å². The van der Waals surface area contributed by atoms with Gasteiger partial charge in [-0.25, -0.2) is 9.48 Å². The van der Waals surface area contributed by atoms with E-state index in [1.807, 2.05) is 0 Å². The predicted octanol–water partition coefficient (Wildman–Crippen LogP) is 1.01. The molecule has 1 atom stereocenters. The third-order valence-electron chi connectivity index (χ3n) is 4.41. The number of ether oxygens (including phenoxy) is 1. The largest absolute Gasteiger partial charge is 0.497 e. The minimum atomic E-state index is -1.19. The van der Waals surface area contributed by atoms with E-state index in [1.165, 1.54) is 11.5 Å². The molecule has 1 aromatic carbocycles. The molecule has 9 heteroatoms. The highest BCUT2D eigenvalue weighted by Gasteiger charge is 2.32. The molecular weight excluding hydrogens is 364 g/mol. The molecule has 146 valence electrons. The Morgan fingerprint density at radius 1 is 1.25 bits per heavy atom. The average molecular weight is 384 g/mol. The number of fused-ring (bicyclic) bond motifs is 1. The monoisotopic (exact) mass is 384 g/mol. The molecule has 2 N–H and O–H groups in total. The Morgan fingerprint density at radius 2 is 2.04 bits per heavy atom. The van der Waals surface area contributed by atoms with Crippen LogP contribution < -0.4 is 15.7 Å². The molecule has 28 heavy (non-hydrogen) atoms. The fourth-order valence-electron chi connectivity index (χ4n) is 3.04. The molecule has 2 heterocycles. The van der Waals surface area contributed by atoms with E-state index in [1.54, 1.807) is 55.6 Å². The van der Waals surface area contributed by atoms with Gasteiger partial charge in [0.2, 0.25) is 5.91 Å². The van der Waals surface area contributed by atoms with Crippen molar-refractivity contribution >= 4 is 17.5 Å². The van der Waals surface area contributed by atoms with Crippen LogP contribution in [0.3, 0.4) is 0 Å². The second kappa shape index (κ2) is 7.55. The summed E-state index contributed by atoms with van der Waals surface area (Å²) in [6, 6.07) is 11.9. The van der Waals surface area contributed by atoms with Gasteiger partial charge in [-0.3, -0.25) is 14.0 Å². The van der Waals surface area contributed by atoms with Crippen LogP contribution in [0.2, 0.25) is 0 Å². The van der Waals surface area contributed by atoms with E-state index in [0.717, 1.165) is 4.68 Å². The van der Waals surface area contributed by atoms with Crippen molar-refractivity contribution in [3.8, 4) is 5.75 Å². The lowest BCUT2D eigenvalue weighted by Gasteiger charge is -2.30. The number of nitrogens with one attached hydrogen (secondary N) is 1. The number of hydrogen-bond donors (Lipinski definition) is 2. The number of aliphatic carboxylic acids is 1. The van der Waals surface area contributed by atoms with E-state index < -0.39 is 23.1 Å². The first kappa shape index (κ1) is 19.2. The predicted molar refractivity (Wildman–Crippen MR) is 100 cm³/mol. The standard InChI is InChI=1S/C19H20N4O5/c1-19(11-17(25)26,13-6-5-7-14(10-13)28-2)20-16(24)12-23-18(27)22-9-4-3-8-15(22)21-23/h3-10H,11-12H2,1-2H3,(H,20,24)(H,25,26). The normalized spacial score (nSPS) is 13.1. The van der Waals surface area contributed by atoms with E-state index in [-0.39, 0.29) is 13.0 Å². The molecule has 0 radical (unpaired) electrons. The van der Waals surface area contributed by atoms with Crippen LogP contribution in [0, 0.1) is 0 Å². The highest BCUT2D eigenvalue weighted by molar-refractivity contribution is 5.78.